The zero-order valence-electron chi connectivity index (χ0n) is 9.97. The molecule has 0 bridgehead atoms. The van der Waals surface area contributed by atoms with Crippen LogP contribution in [0.25, 0.3) is 6.08 Å². The van der Waals surface area contributed by atoms with Crippen LogP contribution >= 0.6 is 11.6 Å². The third-order valence-electron chi connectivity index (χ3n) is 2.48. The van der Waals surface area contributed by atoms with Gasteiger partial charge in [0.25, 0.3) is 5.71 Å². The molecule has 0 saturated carbocycles. The number of nitrogens with zero attached hydrogens (tertiary/aromatic N) is 3. The van der Waals surface area contributed by atoms with Crippen LogP contribution in [0.2, 0.25) is 5.02 Å². The predicted octanol–water partition coefficient (Wildman–Crippen LogP) is -0.0711. The molecule has 0 aliphatic rings. The SMILES string of the molecule is C=Cc1cnc(C(=[NH2+])c2cc(Cl)cnc2N)nc1N. The normalized spacial score (nSPS) is 10.2. The van der Waals surface area contributed by atoms with Gasteiger partial charge in [0.05, 0.1) is 10.6 Å². The number of hydrogen-bond acceptors (Lipinski definition) is 5. The van der Waals surface area contributed by atoms with Gasteiger partial charge in [0.1, 0.15) is 11.6 Å². The summed E-state index contributed by atoms with van der Waals surface area (Å²) in [5.74, 6) is 0.798. The lowest BCUT2D eigenvalue weighted by Crippen LogP contribution is -2.42. The highest BCUT2D eigenvalue weighted by atomic mass is 35.5. The molecule has 0 fully saturated rings. The molecule has 6 nitrogen and oxygen atoms in total. The summed E-state index contributed by atoms with van der Waals surface area (Å²) in [5.41, 5.74) is 12.9. The Morgan fingerprint density at radius 3 is 2.63 bits per heavy atom. The van der Waals surface area contributed by atoms with Crippen LogP contribution in [-0.2, 0) is 0 Å². The fraction of sp³-hybridized carbons (Fsp3) is 0. The van der Waals surface area contributed by atoms with Gasteiger partial charge in [-0.25, -0.2) is 15.0 Å². The molecule has 0 radical (unpaired) electrons. The van der Waals surface area contributed by atoms with Crippen molar-refractivity contribution in [1.29, 1.82) is 0 Å². The van der Waals surface area contributed by atoms with E-state index in [0.29, 0.717) is 16.1 Å². The van der Waals surface area contributed by atoms with Crippen LogP contribution in [-0.4, -0.2) is 20.7 Å². The van der Waals surface area contributed by atoms with Gasteiger partial charge >= 0.3 is 0 Å². The summed E-state index contributed by atoms with van der Waals surface area (Å²) in [6, 6.07) is 1.60. The van der Waals surface area contributed by atoms with Crippen LogP contribution < -0.4 is 16.9 Å². The molecule has 19 heavy (non-hydrogen) atoms. The summed E-state index contributed by atoms with van der Waals surface area (Å²) in [4.78, 5) is 12.1. The van der Waals surface area contributed by atoms with Gasteiger partial charge in [-0.05, 0) is 6.07 Å². The Bertz CT molecular complexity index is 667. The maximum atomic E-state index is 5.98. The topological polar surface area (TPSA) is 116 Å². The quantitative estimate of drug-likeness (QED) is 0.678. The Kier molecular flexibility index (Phi) is 3.43. The third-order valence-corrected chi connectivity index (χ3v) is 2.69. The minimum absolute atomic E-state index is 0.247. The van der Waals surface area contributed by atoms with E-state index in [-0.39, 0.29) is 23.2 Å². The van der Waals surface area contributed by atoms with Crippen molar-refractivity contribution in [3.8, 4) is 0 Å². The Morgan fingerprint density at radius 2 is 2.00 bits per heavy atom. The summed E-state index contributed by atoms with van der Waals surface area (Å²) in [7, 11) is 0. The monoisotopic (exact) mass is 275 g/mol. The lowest BCUT2D eigenvalue weighted by atomic mass is 10.1. The number of anilines is 2. The molecule has 2 aromatic rings. The summed E-state index contributed by atoms with van der Waals surface area (Å²) in [6.45, 7) is 3.60. The molecule has 2 heterocycles. The van der Waals surface area contributed by atoms with E-state index in [4.69, 9.17) is 28.5 Å². The highest BCUT2D eigenvalue weighted by Crippen LogP contribution is 2.17. The van der Waals surface area contributed by atoms with E-state index < -0.39 is 0 Å². The number of halogens is 1. The molecule has 6 N–H and O–H groups in total. The molecular formula is C12H12ClN6+. The van der Waals surface area contributed by atoms with Gasteiger partial charge in [-0.2, -0.15) is 0 Å². The summed E-state index contributed by atoms with van der Waals surface area (Å²) in [5, 5.41) is 6.40. The molecule has 2 aromatic heterocycles. The van der Waals surface area contributed by atoms with Crippen LogP contribution in [0.4, 0.5) is 11.6 Å². The largest absolute Gasteiger partial charge is 0.383 e. The minimum atomic E-state index is 0.247. The first-order valence-corrected chi connectivity index (χ1v) is 5.70. The molecule has 0 aliphatic carbocycles. The Hall–Kier alpha value is -2.47. The second-order valence-electron chi connectivity index (χ2n) is 3.74. The van der Waals surface area contributed by atoms with Crippen molar-refractivity contribution in [2.45, 2.75) is 0 Å². The fourth-order valence-corrected chi connectivity index (χ4v) is 1.64. The summed E-state index contributed by atoms with van der Waals surface area (Å²) >= 11 is 5.86. The number of nitrogen functional groups attached to an aromatic ring is 2. The first-order chi connectivity index (χ1) is 9.02. The van der Waals surface area contributed by atoms with Crippen LogP contribution in [0.15, 0.2) is 25.0 Å². The highest BCUT2D eigenvalue weighted by molar-refractivity contribution is 6.31. The molecule has 2 rings (SSSR count). The molecule has 96 valence electrons. The van der Waals surface area contributed by atoms with Crippen molar-refractivity contribution < 1.29 is 5.41 Å². The Balaban J connectivity index is 2.47. The number of pyridine rings is 1. The van der Waals surface area contributed by atoms with Crippen molar-refractivity contribution in [2.24, 2.45) is 0 Å². The zero-order chi connectivity index (χ0) is 14.0. The maximum absolute atomic E-state index is 5.98. The standard InChI is InChI=1S/C12H11ClN6/c1-2-6-4-18-12(19-10(6)15)9(14)8-3-7(13)5-17-11(8)16/h2-5,14H,1H2,(H2,16,17)(H2,15,18,19)/p+1. The summed E-state index contributed by atoms with van der Waals surface area (Å²) in [6.07, 6.45) is 4.53. The van der Waals surface area contributed by atoms with Crippen molar-refractivity contribution >= 4 is 35.0 Å². The zero-order valence-corrected chi connectivity index (χ0v) is 10.7. The highest BCUT2D eigenvalue weighted by Gasteiger charge is 2.19. The van der Waals surface area contributed by atoms with Crippen molar-refractivity contribution in [3.05, 3.63) is 47.0 Å². The van der Waals surface area contributed by atoms with E-state index in [9.17, 15) is 0 Å². The maximum Gasteiger partial charge on any atom is 0.253 e. The van der Waals surface area contributed by atoms with Crippen LogP contribution in [0.1, 0.15) is 17.0 Å². The van der Waals surface area contributed by atoms with Crippen LogP contribution in [0.3, 0.4) is 0 Å². The second kappa shape index (κ2) is 5.03. The second-order valence-corrected chi connectivity index (χ2v) is 4.17. The van der Waals surface area contributed by atoms with E-state index in [1.165, 1.54) is 12.4 Å². The summed E-state index contributed by atoms with van der Waals surface area (Å²) < 4.78 is 0. The first-order valence-electron chi connectivity index (χ1n) is 5.32. The molecule has 0 unspecified atom stereocenters. The van der Waals surface area contributed by atoms with Crippen LogP contribution in [0, 0.1) is 0 Å². The van der Waals surface area contributed by atoms with Gasteiger partial charge in [-0.1, -0.05) is 24.3 Å². The number of rotatable bonds is 3. The molecule has 0 spiro atoms. The van der Waals surface area contributed by atoms with E-state index in [0.717, 1.165) is 0 Å². The Morgan fingerprint density at radius 1 is 1.26 bits per heavy atom. The fourth-order valence-electron chi connectivity index (χ4n) is 1.48. The van der Waals surface area contributed by atoms with E-state index >= 15 is 0 Å². The first kappa shape index (κ1) is 13.0. The van der Waals surface area contributed by atoms with Crippen molar-refractivity contribution in [2.75, 3.05) is 11.5 Å². The molecule has 0 saturated heterocycles. The molecule has 0 aromatic carbocycles. The molecule has 0 aliphatic heterocycles. The number of hydrogen-bond donors (Lipinski definition) is 3. The van der Waals surface area contributed by atoms with Gasteiger partial charge in [0.2, 0.25) is 5.82 Å². The van der Waals surface area contributed by atoms with Gasteiger partial charge in [0, 0.05) is 18.0 Å². The number of nitrogens with two attached hydrogens (primary N) is 3. The average molecular weight is 276 g/mol. The van der Waals surface area contributed by atoms with Gasteiger partial charge in [-0.15, -0.1) is 0 Å². The van der Waals surface area contributed by atoms with Gasteiger partial charge in [0.15, 0.2) is 0 Å². The molecular weight excluding hydrogens is 264 g/mol. The van der Waals surface area contributed by atoms with Crippen molar-refractivity contribution in [3.63, 3.8) is 0 Å². The smallest absolute Gasteiger partial charge is 0.253 e. The van der Waals surface area contributed by atoms with E-state index in [1.54, 1.807) is 12.1 Å². The predicted molar refractivity (Wildman–Crippen MR) is 75.3 cm³/mol. The minimum Gasteiger partial charge on any atom is -0.383 e. The van der Waals surface area contributed by atoms with Crippen LogP contribution in [0.5, 0.6) is 0 Å². The average Bonchev–Trinajstić information content (AvgIpc) is 2.40. The molecule has 0 amide bonds. The van der Waals surface area contributed by atoms with E-state index in [2.05, 4.69) is 21.5 Å². The van der Waals surface area contributed by atoms with Crippen molar-refractivity contribution in [1.82, 2.24) is 15.0 Å². The van der Waals surface area contributed by atoms with Gasteiger partial charge < -0.3 is 11.5 Å². The molecule has 7 heteroatoms. The van der Waals surface area contributed by atoms with Gasteiger partial charge in [-0.3, -0.25) is 5.41 Å². The lowest BCUT2D eigenvalue weighted by molar-refractivity contribution is -0.112. The third kappa shape index (κ3) is 2.53. The number of aromatic nitrogens is 3. The molecule has 0 atom stereocenters. The Labute approximate surface area is 114 Å². The lowest BCUT2D eigenvalue weighted by Gasteiger charge is -2.04. The van der Waals surface area contributed by atoms with E-state index in [1.807, 2.05) is 0 Å².